The lowest BCUT2D eigenvalue weighted by atomic mass is 10.0. The number of hydrogen-bond acceptors (Lipinski definition) is 8. The molecule has 30 heavy (non-hydrogen) atoms. The highest BCUT2D eigenvalue weighted by molar-refractivity contribution is 7.98. The predicted octanol–water partition coefficient (Wildman–Crippen LogP) is 4.14. The summed E-state index contributed by atoms with van der Waals surface area (Å²) in [7, 11) is 1.35. The van der Waals surface area contributed by atoms with Crippen molar-refractivity contribution in [3.05, 3.63) is 47.3 Å². The summed E-state index contributed by atoms with van der Waals surface area (Å²) in [6.07, 6.45) is 4.07. The molecule has 0 radical (unpaired) electrons. The SMILES string of the molecule is COC(=O)c1oc(CSc2nnc(N3CCCC(C)C3)n2Cc2ccco2)cc1C. The van der Waals surface area contributed by atoms with Crippen LogP contribution in [0.4, 0.5) is 5.95 Å². The molecule has 0 aromatic carbocycles. The molecule has 8 nitrogen and oxygen atoms in total. The molecule has 0 spiro atoms. The molecule has 1 fully saturated rings. The zero-order valence-electron chi connectivity index (χ0n) is 17.5. The summed E-state index contributed by atoms with van der Waals surface area (Å²) in [6, 6.07) is 5.70. The Kier molecular flexibility index (Phi) is 6.17. The summed E-state index contributed by atoms with van der Waals surface area (Å²) < 4.78 is 18.1. The fraction of sp³-hybridized carbons (Fsp3) is 0.476. The Morgan fingerprint density at radius 1 is 1.37 bits per heavy atom. The minimum atomic E-state index is -0.466. The lowest BCUT2D eigenvalue weighted by molar-refractivity contribution is 0.0562. The molecule has 1 atom stereocenters. The molecule has 3 aromatic heterocycles. The van der Waals surface area contributed by atoms with Gasteiger partial charge in [0, 0.05) is 18.7 Å². The van der Waals surface area contributed by atoms with E-state index in [1.165, 1.54) is 25.3 Å². The first kappa shape index (κ1) is 20.6. The number of hydrogen-bond donors (Lipinski definition) is 0. The van der Waals surface area contributed by atoms with Crippen molar-refractivity contribution >= 4 is 23.7 Å². The van der Waals surface area contributed by atoms with E-state index in [1.807, 2.05) is 25.1 Å². The van der Waals surface area contributed by atoms with E-state index in [2.05, 4.69) is 26.6 Å². The average Bonchev–Trinajstić information content (AvgIpc) is 3.47. The van der Waals surface area contributed by atoms with Crippen molar-refractivity contribution in [1.82, 2.24) is 14.8 Å². The van der Waals surface area contributed by atoms with Crippen molar-refractivity contribution < 1.29 is 18.4 Å². The third-order valence-corrected chi connectivity index (χ3v) is 6.20. The zero-order valence-corrected chi connectivity index (χ0v) is 18.3. The summed E-state index contributed by atoms with van der Waals surface area (Å²) >= 11 is 1.52. The van der Waals surface area contributed by atoms with Gasteiger partial charge >= 0.3 is 5.97 Å². The van der Waals surface area contributed by atoms with E-state index in [0.29, 0.717) is 24.0 Å². The topological polar surface area (TPSA) is 86.5 Å². The highest BCUT2D eigenvalue weighted by atomic mass is 32.2. The summed E-state index contributed by atoms with van der Waals surface area (Å²) in [5, 5.41) is 9.74. The lowest BCUT2D eigenvalue weighted by Crippen LogP contribution is -2.36. The average molecular weight is 431 g/mol. The molecule has 3 aromatic rings. The van der Waals surface area contributed by atoms with Crippen LogP contribution in [0.25, 0.3) is 0 Å². The maximum Gasteiger partial charge on any atom is 0.374 e. The number of aromatic nitrogens is 3. The van der Waals surface area contributed by atoms with E-state index in [4.69, 9.17) is 13.6 Å². The number of thioether (sulfide) groups is 1. The van der Waals surface area contributed by atoms with Gasteiger partial charge in [-0.2, -0.15) is 0 Å². The smallest absolute Gasteiger partial charge is 0.374 e. The summed E-state index contributed by atoms with van der Waals surface area (Å²) in [4.78, 5) is 14.1. The van der Waals surface area contributed by atoms with Crippen LogP contribution in [0.1, 0.15) is 47.4 Å². The van der Waals surface area contributed by atoms with Crippen LogP contribution in [-0.2, 0) is 17.0 Å². The number of carbonyl (C=O) groups is 1. The van der Waals surface area contributed by atoms with Crippen molar-refractivity contribution in [1.29, 1.82) is 0 Å². The van der Waals surface area contributed by atoms with Crippen molar-refractivity contribution in [3.8, 4) is 0 Å². The van der Waals surface area contributed by atoms with Gasteiger partial charge in [-0.3, -0.25) is 4.57 Å². The second kappa shape index (κ2) is 8.99. The van der Waals surface area contributed by atoms with Crippen LogP contribution in [0.3, 0.4) is 0 Å². The van der Waals surface area contributed by atoms with E-state index >= 15 is 0 Å². The first-order valence-electron chi connectivity index (χ1n) is 10.1. The Bertz CT molecular complexity index is 995. The van der Waals surface area contributed by atoms with Crippen LogP contribution in [0, 0.1) is 12.8 Å². The van der Waals surface area contributed by atoms with Gasteiger partial charge in [0.05, 0.1) is 25.7 Å². The Hall–Kier alpha value is -2.68. The minimum Gasteiger partial charge on any atom is -0.467 e. The van der Waals surface area contributed by atoms with Gasteiger partial charge < -0.3 is 18.5 Å². The number of piperidine rings is 1. The second-order valence-corrected chi connectivity index (χ2v) is 8.59. The van der Waals surface area contributed by atoms with Gasteiger partial charge in [-0.15, -0.1) is 10.2 Å². The number of methoxy groups -OCH3 is 1. The van der Waals surface area contributed by atoms with Crippen molar-refractivity contribution in [2.45, 2.75) is 44.1 Å². The van der Waals surface area contributed by atoms with Crippen LogP contribution in [0.2, 0.25) is 0 Å². The molecule has 9 heteroatoms. The Labute approximate surface area is 179 Å². The molecule has 0 amide bonds. The van der Waals surface area contributed by atoms with E-state index in [0.717, 1.165) is 41.9 Å². The minimum absolute atomic E-state index is 0.244. The van der Waals surface area contributed by atoms with Crippen LogP contribution in [0.5, 0.6) is 0 Å². The van der Waals surface area contributed by atoms with E-state index in [9.17, 15) is 4.79 Å². The van der Waals surface area contributed by atoms with Gasteiger partial charge in [-0.1, -0.05) is 18.7 Å². The summed E-state index contributed by atoms with van der Waals surface area (Å²) in [5.41, 5.74) is 0.762. The number of ether oxygens (including phenoxy) is 1. The molecule has 0 saturated carbocycles. The fourth-order valence-corrected chi connectivity index (χ4v) is 4.55. The largest absolute Gasteiger partial charge is 0.467 e. The fourth-order valence-electron chi connectivity index (χ4n) is 3.74. The molecule has 160 valence electrons. The predicted molar refractivity (Wildman–Crippen MR) is 113 cm³/mol. The summed E-state index contributed by atoms with van der Waals surface area (Å²) in [6.45, 7) is 6.62. The number of esters is 1. The maximum absolute atomic E-state index is 11.8. The molecule has 1 aliphatic rings. The third kappa shape index (κ3) is 4.40. The van der Waals surface area contributed by atoms with Crippen LogP contribution in [0.15, 0.2) is 38.5 Å². The highest BCUT2D eigenvalue weighted by Gasteiger charge is 2.24. The number of furan rings is 2. The molecule has 4 rings (SSSR count). The van der Waals surface area contributed by atoms with Crippen molar-refractivity contribution in [2.24, 2.45) is 5.92 Å². The Morgan fingerprint density at radius 2 is 2.23 bits per heavy atom. The number of rotatable bonds is 7. The third-order valence-electron chi connectivity index (χ3n) is 5.21. The molecule has 4 heterocycles. The molecule has 1 saturated heterocycles. The van der Waals surface area contributed by atoms with Gasteiger partial charge in [0.25, 0.3) is 0 Å². The van der Waals surface area contributed by atoms with Crippen LogP contribution < -0.4 is 4.90 Å². The van der Waals surface area contributed by atoms with Gasteiger partial charge in [0.15, 0.2) is 5.16 Å². The van der Waals surface area contributed by atoms with E-state index in [-0.39, 0.29) is 5.76 Å². The molecular formula is C21H26N4O4S. The molecule has 0 bridgehead atoms. The molecule has 1 unspecified atom stereocenters. The first-order chi connectivity index (χ1) is 14.5. The zero-order chi connectivity index (χ0) is 21.1. The van der Waals surface area contributed by atoms with Gasteiger partial charge in [-0.05, 0) is 43.9 Å². The van der Waals surface area contributed by atoms with E-state index < -0.39 is 5.97 Å². The number of anilines is 1. The number of carbonyl (C=O) groups excluding carboxylic acids is 1. The molecule has 0 N–H and O–H groups in total. The number of aryl methyl sites for hydroxylation is 1. The second-order valence-electron chi connectivity index (χ2n) is 7.65. The van der Waals surface area contributed by atoms with E-state index in [1.54, 1.807) is 6.26 Å². The quantitative estimate of drug-likeness (QED) is 0.408. The van der Waals surface area contributed by atoms with Gasteiger partial charge in [0.1, 0.15) is 11.5 Å². The molecule has 1 aliphatic heterocycles. The van der Waals surface area contributed by atoms with Gasteiger partial charge in [-0.25, -0.2) is 4.79 Å². The van der Waals surface area contributed by atoms with Crippen LogP contribution >= 0.6 is 11.8 Å². The Balaban J connectivity index is 1.56. The lowest BCUT2D eigenvalue weighted by Gasteiger charge is -2.31. The van der Waals surface area contributed by atoms with Crippen molar-refractivity contribution in [2.75, 3.05) is 25.1 Å². The normalized spacial score (nSPS) is 16.8. The number of nitrogens with zero attached hydrogens (tertiary/aromatic N) is 4. The first-order valence-corrected chi connectivity index (χ1v) is 11.0. The summed E-state index contributed by atoms with van der Waals surface area (Å²) in [5.74, 6) is 3.35. The monoisotopic (exact) mass is 430 g/mol. The molecule has 0 aliphatic carbocycles. The van der Waals surface area contributed by atoms with Crippen LogP contribution in [-0.4, -0.2) is 40.9 Å². The highest BCUT2D eigenvalue weighted by Crippen LogP contribution is 2.30. The standard InChI is InChI=1S/C21H26N4O4S/c1-14-6-4-8-24(11-14)20-22-23-21(25(20)12-16-7-5-9-28-16)30-13-17-10-15(2)18(29-17)19(26)27-3/h5,7,9-10,14H,4,6,8,11-13H2,1-3H3. The maximum atomic E-state index is 11.8. The Morgan fingerprint density at radius 3 is 2.97 bits per heavy atom. The van der Waals surface area contributed by atoms with Gasteiger partial charge in [0.2, 0.25) is 11.7 Å². The van der Waals surface area contributed by atoms with Crippen molar-refractivity contribution in [3.63, 3.8) is 0 Å². The molecular weight excluding hydrogens is 404 g/mol.